The van der Waals surface area contributed by atoms with Crippen LogP contribution in [0.1, 0.15) is 30.4 Å². The molecule has 64 heavy (non-hydrogen) atoms. The highest BCUT2D eigenvalue weighted by atomic mass is 32.2. The Labute approximate surface area is 374 Å². The number of hydrogen-bond donors (Lipinski definition) is 7. The Morgan fingerprint density at radius 3 is 1.81 bits per heavy atom. The molecule has 1 aliphatic rings. The summed E-state index contributed by atoms with van der Waals surface area (Å²) >= 11 is -5.72. The van der Waals surface area contributed by atoms with Gasteiger partial charge in [0.25, 0.3) is 0 Å². The Morgan fingerprint density at radius 1 is 0.750 bits per heavy atom. The lowest BCUT2D eigenvalue weighted by molar-refractivity contribution is -0.140. The Balaban J connectivity index is 1.27. The van der Waals surface area contributed by atoms with Crippen molar-refractivity contribution in [2.24, 2.45) is 16.0 Å². The van der Waals surface area contributed by atoms with E-state index >= 15 is 0 Å². The Hall–Kier alpha value is -5.72. The molecule has 1 heterocycles. The van der Waals surface area contributed by atoms with Crippen molar-refractivity contribution in [1.29, 1.82) is 0 Å². The Kier molecular flexibility index (Phi) is 17.5. The molecule has 20 nitrogen and oxygen atoms in total. The summed E-state index contributed by atoms with van der Waals surface area (Å²) in [5.41, 5.74) is 15.4. The number of carboxylic acid groups (broad SMARTS) is 2. The number of carbonyl (C=O) groups excluding carboxylic acids is 2. The molecule has 0 aromatic heterocycles. The van der Waals surface area contributed by atoms with E-state index in [9.17, 15) is 52.0 Å². The smallest absolute Gasteiger partial charge is 0.317 e. The van der Waals surface area contributed by atoms with Gasteiger partial charge in [0.05, 0.1) is 36.4 Å². The molecule has 1 aliphatic heterocycles. The van der Waals surface area contributed by atoms with Crippen LogP contribution in [0.15, 0.2) is 74.6 Å². The number of phenols is 1. The first-order valence-corrected chi connectivity index (χ1v) is 22.4. The molecule has 1 fully saturated rings. The molecule has 3 atom stereocenters. The summed E-state index contributed by atoms with van der Waals surface area (Å²) < 4.78 is 47.2. The van der Waals surface area contributed by atoms with Crippen LogP contribution in [0.25, 0.3) is 21.9 Å². The predicted octanol–water partition coefficient (Wildman–Crippen LogP) is 2.94. The second-order valence-corrected chi connectivity index (χ2v) is 17.2. The normalized spacial score (nSPS) is 15.8. The molecule has 344 valence electrons. The zero-order chi connectivity index (χ0) is 46.7. The molecule has 0 radical (unpaired) electrons. The number of rotatable bonds is 18. The highest BCUT2D eigenvalue weighted by Gasteiger charge is 2.25. The third-order valence-electron chi connectivity index (χ3n) is 10.7. The van der Waals surface area contributed by atoms with Crippen molar-refractivity contribution < 1.29 is 52.0 Å². The zero-order valence-corrected chi connectivity index (χ0v) is 36.9. The fourth-order valence-electron chi connectivity index (χ4n) is 7.32. The number of carbonyl (C=O) groups is 4. The average Bonchev–Trinajstić information content (AvgIpc) is 3.31. The molecule has 1 saturated heterocycles. The molecule has 2 amide bonds. The highest BCUT2D eigenvalue weighted by molar-refractivity contribution is 7.80. The van der Waals surface area contributed by atoms with Gasteiger partial charge in [0, 0.05) is 60.1 Å². The van der Waals surface area contributed by atoms with Gasteiger partial charge < -0.3 is 46.5 Å². The number of nitrogens with one attached hydrogen (secondary N) is 2. The maximum absolute atomic E-state index is 13.7. The topological polar surface area (TPSA) is 320 Å². The Morgan fingerprint density at radius 2 is 1.28 bits per heavy atom. The number of nitrogens with zero attached hydrogens (tertiary/aromatic N) is 5. The van der Waals surface area contributed by atoms with Gasteiger partial charge in [0.2, 0.25) is 11.8 Å². The lowest BCUT2D eigenvalue weighted by Gasteiger charge is -2.26. The van der Waals surface area contributed by atoms with Crippen LogP contribution in [-0.2, 0) is 41.3 Å². The summed E-state index contributed by atoms with van der Waals surface area (Å²) in [5.74, 6) is -3.39. The minimum atomic E-state index is -2.89. The SMILES string of the molecule is Cc1cc(-c2ccc(NC(=O)[C@@H](CCCCN)NC(=O)CN3CCN(CC(=O)O)CCN(CC(=O)O)CC3)c(C)c2)ccc1N=Nc1ccc2c(S(=O)[O-])cc(S(=O)[O-])c(N)c2c1O. The lowest BCUT2D eigenvalue weighted by atomic mass is 10.00. The minimum Gasteiger partial charge on any atom is -0.768 e. The van der Waals surface area contributed by atoms with Gasteiger partial charge in [-0.3, -0.25) is 42.3 Å². The fraction of sp³-hybridized carbons (Fsp3) is 0.381. The molecule has 0 bridgehead atoms. The molecule has 0 saturated carbocycles. The third-order valence-corrected chi connectivity index (χ3v) is 12.1. The monoisotopic (exact) mass is 921 g/mol. The molecular formula is C42H51N9O11S2-2. The molecule has 5 rings (SSSR count). The number of phenolic OH excluding ortho intramolecular Hbond substituents is 1. The number of aryl methyl sites for hydroxylation is 2. The largest absolute Gasteiger partial charge is 0.768 e. The van der Waals surface area contributed by atoms with Gasteiger partial charge >= 0.3 is 11.9 Å². The highest BCUT2D eigenvalue weighted by Crippen LogP contribution is 2.43. The van der Waals surface area contributed by atoms with E-state index < -0.39 is 62.6 Å². The molecule has 4 aromatic carbocycles. The zero-order valence-electron chi connectivity index (χ0n) is 35.3. The van der Waals surface area contributed by atoms with Crippen molar-refractivity contribution in [1.82, 2.24) is 20.0 Å². The second-order valence-electron chi connectivity index (χ2n) is 15.4. The van der Waals surface area contributed by atoms with Crippen molar-refractivity contribution in [3.8, 4) is 16.9 Å². The van der Waals surface area contributed by atoms with Gasteiger partial charge in [0.1, 0.15) is 11.7 Å². The summed E-state index contributed by atoms with van der Waals surface area (Å²) in [7, 11) is 0. The third kappa shape index (κ3) is 13.2. The number of nitrogen functional groups attached to an aromatic ring is 1. The van der Waals surface area contributed by atoms with Crippen LogP contribution in [-0.4, -0.2) is 143 Å². The summed E-state index contributed by atoms with van der Waals surface area (Å²) in [5, 5.41) is 43.8. The number of carboxylic acids is 2. The van der Waals surface area contributed by atoms with Crippen molar-refractivity contribution in [2.45, 2.75) is 48.9 Å². The van der Waals surface area contributed by atoms with Crippen LogP contribution in [0.5, 0.6) is 5.75 Å². The minimum absolute atomic E-state index is 0.0150. The average molecular weight is 922 g/mol. The standard InChI is InChI=1S/C42H53N9O11S2/c1-25-19-27(28-7-10-31(26(2)20-28)47-48-32-11-8-29-34(63(59)60)21-35(64(61)62)40(44)39(29)41(32)57)6-9-30(25)46-42(58)33(5-3-4-12-43)45-36(52)22-49-13-15-50(23-37(53)54)17-18-51(16-14-49)24-38(55)56/h6-11,19-21,33,57H,3-5,12-18,22-24,43-44H2,1-2H3,(H,45,52)(H,46,58)(H,53,54)(H,55,56)(H,59,60)(H,61,62)/p-2/t33-/m1/s1. The van der Waals surface area contributed by atoms with E-state index in [1.165, 1.54) is 12.1 Å². The first kappa shape index (κ1) is 49.3. The number of fused-ring (bicyclic) bond motifs is 1. The molecule has 9 N–H and O–H groups in total. The second kappa shape index (κ2) is 22.8. The van der Waals surface area contributed by atoms with E-state index in [0.29, 0.717) is 82.0 Å². The summed E-state index contributed by atoms with van der Waals surface area (Å²) in [6.45, 7) is 5.69. The number of aromatic hydroxyl groups is 1. The van der Waals surface area contributed by atoms with E-state index in [4.69, 9.17) is 11.5 Å². The quantitative estimate of drug-likeness (QED) is 0.0326. The molecular weight excluding hydrogens is 871 g/mol. The van der Waals surface area contributed by atoms with Gasteiger partial charge in [-0.05, 0) is 120 Å². The number of anilines is 2. The van der Waals surface area contributed by atoms with Crippen molar-refractivity contribution in [2.75, 3.05) is 76.5 Å². The molecule has 22 heteroatoms. The van der Waals surface area contributed by atoms with Crippen LogP contribution in [0, 0.1) is 13.8 Å². The number of amides is 2. The van der Waals surface area contributed by atoms with Gasteiger partial charge in [-0.15, -0.1) is 5.11 Å². The van der Waals surface area contributed by atoms with E-state index in [2.05, 4.69) is 20.9 Å². The van der Waals surface area contributed by atoms with Crippen molar-refractivity contribution in [3.63, 3.8) is 0 Å². The number of nitrogens with two attached hydrogens (primary N) is 2. The van der Waals surface area contributed by atoms with E-state index in [1.807, 2.05) is 36.1 Å². The number of unbranched alkanes of at least 4 members (excludes halogenated alkanes) is 1. The fourth-order valence-corrected chi connectivity index (χ4v) is 8.45. The summed E-state index contributed by atoms with van der Waals surface area (Å²) in [6.07, 6.45) is 1.55. The van der Waals surface area contributed by atoms with Crippen LogP contribution < -0.4 is 22.1 Å². The van der Waals surface area contributed by atoms with Gasteiger partial charge in [-0.1, -0.05) is 18.2 Å². The van der Waals surface area contributed by atoms with E-state index in [-0.39, 0.29) is 46.7 Å². The van der Waals surface area contributed by atoms with Gasteiger partial charge in [0.15, 0.2) is 5.75 Å². The van der Waals surface area contributed by atoms with Crippen LogP contribution in [0.3, 0.4) is 0 Å². The van der Waals surface area contributed by atoms with Crippen molar-refractivity contribution in [3.05, 3.63) is 65.7 Å². The van der Waals surface area contributed by atoms with Crippen LogP contribution in [0.2, 0.25) is 0 Å². The molecule has 0 aliphatic carbocycles. The maximum Gasteiger partial charge on any atom is 0.317 e. The number of benzene rings is 4. The van der Waals surface area contributed by atoms with Gasteiger partial charge in [-0.2, -0.15) is 5.11 Å². The molecule has 0 spiro atoms. The number of azo groups is 1. The Bertz CT molecular complexity index is 2440. The number of hydrogen-bond acceptors (Lipinski definition) is 16. The van der Waals surface area contributed by atoms with Crippen LogP contribution in [0.4, 0.5) is 22.7 Å². The van der Waals surface area contributed by atoms with Crippen LogP contribution >= 0.6 is 0 Å². The first-order chi connectivity index (χ1) is 30.4. The van der Waals surface area contributed by atoms with Gasteiger partial charge in [-0.25, -0.2) is 0 Å². The van der Waals surface area contributed by atoms with Crippen molar-refractivity contribution >= 4 is 79.4 Å². The maximum atomic E-state index is 13.7. The molecule has 4 aromatic rings. The van der Waals surface area contributed by atoms with E-state index in [1.54, 1.807) is 28.9 Å². The number of aliphatic carboxylic acids is 2. The molecule has 2 unspecified atom stereocenters. The lowest BCUT2D eigenvalue weighted by Crippen LogP contribution is -2.49. The first-order valence-electron chi connectivity index (χ1n) is 20.3. The summed E-state index contributed by atoms with van der Waals surface area (Å²) in [6, 6.07) is 13.6. The van der Waals surface area contributed by atoms with E-state index in [0.717, 1.165) is 22.8 Å². The predicted molar refractivity (Wildman–Crippen MR) is 238 cm³/mol. The summed E-state index contributed by atoms with van der Waals surface area (Å²) in [4.78, 5) is 54.4.